The number of benzene rings is 4. The van der Waals surface area contributed by atoms with Crippen LogP contribution in [0.1, 0.15) is 28.9 Å². The molecule has 0 amide bonds. The summed E-state index contributed by atoms with van der Waals surface area (Å²) < 4.78 is 34.8. The number of ether oxygens (including phenoxy) is 4. The molecule has 2 aromatic heterocycles. The van der Waals surface area contributed by atoms with E-state index in [1.165, 1.54) is 42.5 Å². The monoisotopic (exact) mass is 858 g/mol. The average molecular weight is 859 g/mol. The maximum absolute atomic E-state index is 12.9. The van der Waals surface area contributed by atoms with E-state index in [2.05, 4.69) is 0 Å². The number of phenols is 5. The molecular formula is C43H38O19. The molecular weight excluding hydrogens is 820 g/mol. The SMILES string of the molecule is Cc1cc(O)cc(-c2cc(=O)c3c(O)cc4c(c3o2)[C@@H]2O[C@H](CO)[C@@H](O)[C@H](O)[C@@H]2O4)c1.O=c1cc(-c2ccc(O)c(O)c2)oc2c3c(cc(O)c12)O[C@H]1[C@@H](O)[C@H](O)[C@@H](CO)O[C@@H]31. The van der Waals surface area contributed by atoms with Crippen LogP contribution in [0.3, 0.4) is 0 Å². The van der Waals surface area contributed by atoms with Crippen molar-refractivity contribution in [2.24, 2.45) is 0 Å². The molecule has 4 aliphatic heterocycles. The highest BCUT2D eigenvalue weighted by Crippen LogP contribution is 2.52. The van der Waals surface area contributed by atoms with E-state index in [1.807, 2.05) is 0 Å². The Labute approximate surface area is 347 Å². The zero-order valence-electron chi connectivity index (χ0n) is 32.1. The molecule has 2 fully saturated rings. The molecule has 324 valence electrons. The van der Waals surface area contributed by atoms with Crippen molar-refractivity contribution in [3.05, 3.63) is 97.8 Å². The molecule has 19 nitrogen and oxygen atoms in total. The Balaban J connectivity index is 0.000000158. The lowest BCUT2D eigenvalue weighted by Crippen LogP contribution is -2.55. The van der Waals surface area contributed by atoms with Crippen LogP contribution in [0.2, 0.25) is 0 Å². The predicted molar refractivity (Wildman–Crippen MR) is 211 cm³/mol. The van der Waals surface area contributed by atoms with Gasteiger partial charge < -0.3 is 84.0 Å². The van der Waals surface area contributed by atoms with Crippen molar-refractivity contribution in [2.75, 3.05) is 13.2 Å². The fourth-order valence-electron chi connectivity index (χ4n) is 8.43. The minimum Gasteiger partial charge on any atom is -0.508 e. The lowest BCUT2D eigenvalue weighted by atomic mass is 9.92. The van der Waals surface area contributed by atoms with E-state index in [0.717, 1.165) is 11.6 Å². The minimum atomic E-state index is -1.40. The number of aryl methyl sites for hydroxylation is 1. The number of aromatic hydroxyl groups is 5. The van der Waals surface area contributed by atoms with Gasteiger partial charge in [-0.3, -0.25) is 9.59 Å². The van der Waals surface area contributed by atoms with Gasteiger partial charge in [-0.05, 0) is 48.9 Å². The first-order chi connectivity index (χ1) is 29.6. The van der Waals surface area contributed by atoms with Crippen LogP contribution < -0.4 is 20.3 Å². The van der Waals surface area contributed by atoms with Gasteiger partial charge in [0, 0.05) is 35.4 Å². The summed E-state index contributed by atoms with van der Waals surface area (Å²) in [6.45, 7) is 0.682. The van der Waals surface area contributed by atoms with Crippen molar-refractivity contribution in [3.63, 3.8) is 0 Å². The van der Waals surface area contributed by atoms with Crippen LogP contribution in [0, 0.1) is 6.92 Å². The Morgan fingerprint density at radius 1 is 0.532 bits per heavy atom. The number of hydrogen-bond donors (Lipinski definition) is 11. The summed E-state index contributed by atoms with van der Waals surface area (Å²) in [6.07, 6.45) is -11.7. The molecule has 6 heterocycles. The first kappa shape index (κ1) is 41.0. The second kappa shape index (κ2) is 15.2. The van der Waals surface area contributed by atoms with Crippen LogP contribution in [0.25, 0.3) is 44.6 Å². The molecule has 10 atom stereocenters. The van der Waals surface area contributed by atoms with Crippen LogP contribution in [0.5, 0.6) is 40.2 Å². The number of phenolic OH excluding ortho intramolecular Hbond substituents is 5. The number of fused-ring (bicyclic) bond motifs is 10. The highest BCUT2D eigenvalue weighted by Gasteiger charge is 2.53. The fourth-order valence-corrected chi connectivity index (χ4v) is 8.43. The van der Waals surface area contributed by atoms with Gasteiger partial charge in [-0.2, -0.15) is 0 Å². The van der Waals surface area contributed by atoms with Crippen molar-refractivity contribution in [1.29, 1.82) is 0 Å². The van der Waals surface area contributed by atoms with E-state index in [0.29, 0.717) is 5.56 Å². The van der Waals surface area contributed by atoms with Crippen LogP contribution in [0.4, 0.5) is 0 Å². The van der Waals surface area contributed by atoms with Gasteiger partial charge in [0.05, 0.1) is 24.3 Å². The molecule has 4 aliphatic rings. The van der Waals surface area contributed by atoms with Crippen LogP contribution >= 0.6 is 0 Å². The Kier molecular flexibility index (Phi) is 10.0. The number of aliphatic hydroxyl groups excluding tert-OH is 6. The summed E-state index contributed by atoms with van der Waals surface area (Å²) in [4.78, 5) is 25.7. The molecule has 2 saturated heterocycles. The third-order valence-electron chi connectivity index (χ3n) is 11.4. The van der Waals surface area contributed by atoms with Crippen molar-refractivity contribution in [1.82, 2.24) is 0 Å². The fraction of sp³-hybridized carbons (Fsp3) is 0.302. The van der Waals surface area contributed by atoms with Crippen molar-refractivity contribution >= 4 is 21.9 Å². The Hall–Kier alpha value is -6.42. The quantitative estimate of drug-likeness (QED) is 0.112. The summed E-state index contributed by atoms with van der Waals surface area (Å²) >= 11 is 0. The number of aliphatic hydroxyl groups is 6. The molecule has 4 aromatic carbocycles. The van der Waals surface area contributed by atoms with Gasteiger partial charge in [0.2, 0.25) is 0 Å². The zero-order valence-corrected chi connectivity index (χ0v) is 32.1. The molecule has 6 aromatic rings. The molecule has 0 saturated carbocycles. The first-order valence-corrected chi connectivity index (χ1v) is 19.2. The topological polar surface area (TPSA) is 320 Å². The Bertz CT molecular complexity index is 2870. The van der Waals surface area contributed by atoms with E-state index in [-0.39, 0.29) is 78.9 Å². The summed E-state index contributed by atoms with van der Waals surface area (Å²) in [5.41, 5.74) is 0.873. The molecule has 62 heavy (non-hydrogen) atoms. The van der Waals surface area contributed by atoms with Crippen molar-refractivity contribution in [2.45, 2.75) is 68.0 Å². The van der Waals surface area contributed by atoms with Gasteiger partial charge in [0.25, 0.3) is 0 Å². The highest BCUT2D eigenvalue weighted by molar-refractivity contribution is 5.91. The lowest BCUT2D eigenvalue weighted by Gasteiger charge is -2.38. The third-order valence-corrected chi connectivity index (χ3v) is 11.4. The molecule has 0 unspecified atom stereocenters. The van der Waals surface area contributed by atoms with E-state index >= 15 is 0 Å². The normalized spacial score (nSPS) is 27.0. The maximum atomic E-state index is 12.9. The van der Waals surface area contributed by atoms with E-state index in [1.54, 1.807) is 19.1 Å². The highest BCUT2D eigenvalue weighted by atomic mass is 16.6. The molecule has 0 bridgehead atoms. The van der Waals surface area contributed by atoms with Gasteiger partial charge in [0.15, 0.2) is 45.7 Å². The van der Waals surface area contributed by atoms with Crippen molar-refractivity contribution in [3.8, 4) is 62.9 Å². The molecule has 19 heteroatoms. The van der Waals surface area contributed by atoms with Gasteiger partial charge in [-0.1, -0.05) is 0 Å². The minimum absolute atomic E-state index is 0.000734. The second-order valence-corrected chi connectivity index (χ2v) is 15.4. The Morgan fingerprint density at radius 3 is 1.47 bits per heavy atom. The largest absolute Gasteiger partial charge is 0.508 e. The Morgan fingerprint density at radius 2 is 1.02 bits per heavy atom. The number of hydrogen-bond acceptors (Lipinski definition) is 19. The van der Waals surface area contributed by atoms with Gasteiger partial charge in [-0.25, -0.2) is 0 Å². The molecule has 10 rings (SSSR count). The molecule has 11 N–H and O–H groups in total. The van der Waals surface area contributed by atoms with Gasteiger partial charge in [0.1, 0.15) is 99.9 Å². The van der Waals surface area contributed by atoms with Gasteiger partial charge in [-0.15, -0.1) is 0 Å². The zero-order chi connectivity index (χ0) is 44.0. The third kappa shape index (κ3) is 6.53. The molecule has 0 radical (unpaired) electrons. The molecule has 0 aliphatic carbocycles. The van der Waals surface area contributed by atoms with Crippen LogP contribution in [-0.2, 0) is 9.47 Å². The van der Waals surface area contributed by atoms with Crippen LogP contribution in [-0.4, -0.2) is 118 Å². The van der Waals surface area contributed by atoms with E-state index in [4.69, 9.17) is 27.8 Å². The number of rotatable bonds is 4. The predicted octanol–water partition coefficient (Wildman–Crippen LogP) is 1.59. The van der Waals surface area contributed by atoms with Gasteiger partial charge >= 0.3 is 0 Å². The molecule has 0 spiro atoms. The summed E-state index contributed by atoms with van der Waals surface area (Å²) in [5, 5.41) is 110. The second-order valence-electron chi connectivity index (χ2n) is 15.4. The first-order valence-electron chi connectivity index (χ1n) is 19.2. The summed E-state index contributed by atoms with van der Waals surface area (Å²) in [6, 6.07) is 13.4. The smallest absolute Gasteiger partial charge is 0.197 e. The lowest BCUT2D eigenvalue weighted by molar-refractivity contribution is -0.215. The standard InChI is InChI=1S/C22H20O9.C21H18O10/c1-8-2-9(4-10(24)3-8)13-5-11(25)16-12(26)6-14-17(20(16)29-13)21-22(30-14)19(28)18(27)15(7-23)31-21;22-6-14-17(27)18(28)21-20(31-14)16-13(30-21)5-11(26)15-10(25)4-12(29-19(15)16)7-1-2-8(23)9(24)3-7/h2-6,15,18-19,21-24,26-28H,7H2,1H3;1-5,14,17-18,20-24,26-28H,6H2/t15-,18-,19+,21+,22+;14-,17-,18+,20+,21+/m11/s1. The van der Waals surface area contributed by atoms with Crippen LogP contribution in [0.15, 0.2) is 79.1 Å². The average Bonchev–Trinajstić information content (AvgIpc) is 3.79. The van der Waals surface area contributed by atoms with Crippen molar-refractivity contribution < 1.29 is 84.0 Å². The maximum Gasteiger partial charge on any atom is 0.197 e. The van der Waals surface area contributed by atoms with E-state index < -0.39 is 96.6 Å². The van der Waals surface area contributed by atoms with E-state index in [9.17, 15) is 65.8 Å². The summed E-state index contributed by atoms with van der Waals surface area (Å²) in [7, 11) is 0. The summed E-state index contributed by atoms with van der Waals surface area (Å²) in [5.74, 6) is -1.11.